The minimum absolute atomic E-state index is 0.0310. The van der Waals surface area contributed by atoms with Crippen molar-refractivity contribution in [1.82, 2.24) is 4.98 Å². The van der Waals surface area contributed by atoms with Gasteiger partial charge in [-0.1, -0.05) is 22.9 Å². The van der Waals surface area contributed by atoms with Gasteiger partial charge in [0.05, 0.1) is 33.2 Å². The first kappa shape index (κ1) is 23.1. The summed E-state index contributed by atoms with van der Waals surface area (Å²) in [6, 6.07) is 3.78. The Balaban J connectivity index is 1.84. The van der Waals surface area contributed by atoms with Gasteiger partial charge in [-0.2, -0.15) is 0 Å². The molecule has 0 aliphatic carbocycles. The summed E-state index contributed by atoms with van der Waals surface area (Å²) >= 11 is 7.24. The summed E-state index contributed by atoms with van der Waals surface area (Å²) in [6.07, 6.45) is 0.638. The lowest BCUT2D eigenvalue weighted by Gasteiger charge is -2.26. The number of thiazole rings is 1. The molecule has 0 N–H and O–H groups in total. The number of nitro groups is 1. The van der Waals surface area contributed by atoms with Crippen LogP contribution in [-0.2, 0) is 9.53 Å². The van der Waals surface area contributed by atoms with Crippen LogP contribution in [0.5, 0.6) is 5.75 Å². The number of carbonyl (C=O) groups excluding carboxylic acids is 2. The third kappa shape index (κ3) is 5.38. The normalized spacial score (nSPS) is 16.7. The van der Waals surface area contributed by atoms with Gasteiger partial charge in [0, 0.05) is 25.7 Å². The number of hydrogen-bond acceptors (Lipinski definition) is 8. The van der Waals surface area contributed by atoms with Gasteiger partial charge >= 0.3 is 0 Å². The van der Waals surface area contributed by atoms with Crippen LogP contribution in [0.1, 0.15) is 42.1 Å². The van der Waals surface area contributed by atoms with Gasteiger partial charge in [-0.05, 0) is 32.8 Å². The molecule has 1 fully saturated rings. The molecule has 3 rings (SSSR count). The number of carbonyl (C=O) groups is 2. The number of aromatic nitrogens is 1. The second-order valence-corrected chi connectivity index (χ2v) is 8.57. The molecule has 1 aliphatic heterocycles. The predicted molar refractivity (Wildman–Crippen MR) is 116 cm³/mol. The van der Waals surface area contributed by atoms with Crippen molar-refractivity contribution < 1.29 is 24.0 Å². The van der Waals surface area contributed by atoms with Crippen molar-refractivity contribution in [3.63, 3.8) is 0 Å². The van der Waals surface area contributed by atoms with Gasteiger partial charge in [-0.25, -0.2) is 4.98 Å². The molecule has 0 spiro atoms. The first-order valence-electron chi connectivity index (χ1n) is 9.69. The molecule has 2 heterocycles. The second-order valence-electron chi connectivity index (χ2n) is 7.18. The highest BCUT2D eigenvalue weighted by molar-refractivity contribution is 7.17. The summed E-state index contributed by atoms with van der Waals surface area (Å²) in [5, 5.41) is 11.3. The molecule has 0 radical (unpaired) electrons. The third-order valence-corrected chi connectivity index (χ3v) is 6.37. The molecule has 1 aromatic heterocycles. The minimum atomic E-state index is -0.953. The standard InChI is InChI=1S/C20H22ClN3O6S/c1-11-18(12(2)25)31-20(22-11)23(10-15-5-4-8-29-15)19(26)13(3)30-17-7-6-14(24(27)28)9-16(17)21/h6-7,9,13,15H,4-5,8,10H2,1-3H3/t13-,15-/m0/s1. The SMILES string of the molecule is CC(=O)c1sc(N(C[C@@H]2CCCO2)C(=O)[C@H](C)Oc2ccc([N+](=O)[O-])cc2Cl)nc1C. The van der Waals surface area contributed by atoms with E-state index in [1.54, 1.807) is 13.8 Å². The van der Waals surface area contributed by atoms with Crippen LogP contribution in [0.3, 0.4) is 0 Å². The Morgan fingerprint density at radius 3 is 2.77 bits per heavy atom. The van der Waals surface area contributed by atoms with Crippen LogP contribution in [0.25, 0.3) is 0 Å². The molecular formula is C20H22ClN3O6S. The Bertz CT molecular complexity index is 1000. The highest BCUT2D eigenvalue weighted by atomic mass is 35.5. The number of rotatable bonds is 8. The van der Waals surface area contributed by atoms with Crippen molar-refractivity contribution in [2.75, 3.05) is 18.1 Å². The van der Waals surface area contributed by atoms with Crippen LogP contribution in [0, 0.1) is 17.0 Å². The van der Waals surface area contributed by atoms with E-state index in [1.807, 2.05) is 0 Å². The number of benzene rings is 1. The summed E-state index contributed by atoms with van der Waals surface area (Å²) < 4.78 is 11.4. The van der Waals surface area contributed by atoms with Crippen molar-refractivity contribution in [2.24, 2.45) is 0 Å². The fraction of sp³-hybridized carbons (Fsp3) is 0.450. The van der Waals surface area contributed by atoms with E-state index >= 15 is 0 Å². The molecule has 1 amide bonds. The quantitative estimate of drug-likeness (QED) is 0.325. The minimum Gasteiger partial charge on any atom is -0.479 e. The zero-order chi connectivity index (χ0) is 22.7. The maximum absolute atomic E-state index is 13.3. The second kappa shape index (κ2) is 9.71. The van der Waals surface area contributed by atoms with Gasteiger partial charge in [0.1, 0.15) is 5.75 Å². The average molecular weight is 468 g/mol. The van der Waals surface area contributed by atoms with E-state index in [0.29, 0.717) is 22.3 Å². The van der Waals surface area contributed by atoms with Crippen molar-refractivity contribution in [1.29, 1.82) is 0 Å². The van der Waals surface area contributed by atoms with Gasteiger partial charge in [-0.15, -0.1) is 0 Å². The fourth-order valence-electron chi connectivity index (χ4n) is 3.24. The van der Waals surface area contributed by atoms with E-state index in [4.69, 9.17) is 21.1 Å². The average Bonchev–Trinajstić information content (AvgIpc) is 3.36. The van der Waals surface area contributed by atoms with Crippen LogP contribution in [0.2, 0.25) is 5.02 Å². The third-order valence-electron chi connectivity index (χ3n) is 4.79. The number of Topliss-reactive ketones (excluding diaryl/α,β-unsaturated/α-hetero) is 1. The van der Waals surface area contributed by atoms with Gasteiger partial charge < -0.3 is 9.47 Å². The monoisotopic (exact) mass is 467 g/mol. The molecule has 1 aromatic carbocycles. The summed E-state index contributed by atoms with van der Waals surface area (Å²) in [6.45, 7) is 5.66. The Morgan fingerprint density at radius 2 is 2.23 bits per heavy atom. The fourth-order valence-corrected chi connectivity index (χ4v) is 4.43. The Hall–Kier alpha value is -2.56. The number of anilines is 1. The lowest BCUT2D eigenvalue weighted by Crippen LogP contribution is -2.44. The van der Waals surface area contributed by atoms with Crippen LogP contribution in [0.4, 0.5) is 10.8 Å². The number of nitrogens with zero attached hydrogens (tertiary/aromatic N) is 3. The molecule has 0 saturated carbocycles. The van der Waals surface area contributed by atoms with E-state index in [0.717, 1.165) is 24.2 Å². The lowest BCUT2D eigenvalue weighted by atomic mass is 10.2. The molecule has 2 atom stereocenters. The molecule has 166 valence electrons. The van der Waals surface area contributed by atoms with Gasteiger partial charge in [0.25, 0.3) is 11.6 Å². The highest BCUT2D eigenvalue weighted by Gasteiger charge is 2.31. The number of aryl methyl sites for hydroxylation is 1. The van der Waals surface area contributed by atoms with Gasteiger partial charge in [0.15, 0.2) is 17.0 Å². The zero-order valence-electron chi connectivity index (χ0n) is 17.3. The number of non-ortho nitro benzene ring substituents is 1. The summed E-state index contributed by atoms with van der Waals surface area (Å²) in [5.41, 5.74) is 0.385. The summed E-state index contributed by atoms with van der Waals surface area (Å²) in [4.78, 5) is 41.9. The zero-order valence-corrected chi connectivity index (χ0v) is 18.9. The number of hydrogen-bond donors (Lipinski definition) is 0. The molecule has 9 nitrogen and oxygen atoms in total. The molecule has 11 heteroatoms. The van der Waals surface area contributed by atoms with Crippen LogP contribution in [-0.4, -0.2) is 47.0 Å². The van der Waals surface area contributed by atoms with Crippen LogP contribution >= 0.6 is 22.9 Å². The molecule has 1 aliphatic rings. The van der Waals surface area contributed by atoms with Crippen molar-refractivity contribution in [3.8, 4) is 5.75 Å². The number of nitro benzene ring substituents is 1. The summed E-state index contributed by atoms with van der Waals surface area (Å²) in [7, 11) is 0. The maximum Gasteiger partial charge on any atom is 0.271 e. The van der Waals surface area contributed by atoms with E-state index in [-0.39, 0.29) is 40.8 Å². The lowest BCUT2D eigenvalue weighted by molar-refractivity contribution is -0.384. The number of amides is 1. The topological polar surface area (TPSA) is 112 Å². The van der Waals surface area contributed by atoms with E-state index in [1.165, 1.54) is 30.0 Å². The van der Waals surface area contributed by atoms with Gasteiger partial charge in [0.2, 0.25) is 0 Å². The van der Waals surface area contributed by atoms with Gasteiger partial charge in [-0.3, -0.25) is 24.6 Å². The molecular weight excluding hydrogens is 446 g/mol. The Kier molecular flexibility index (Phi) is 7.24. The van der Waals surface area contributed by atoms with E-state index in [2.05, 4.69) is 4.98 Å². The van der Waals surface area contributed by atoms with Crippen LogP contribution < -0.4 is 9.64 Å². The largest absolute Gasteiger partial charge is 0.479 e. The first-order valence-corrected chi connectivity index (χ1v) is 10.9. The molecule has 1 saturated heterocycles. The number of halogens is 1. The smallest absolute Gasteiger partial charge is 0.271 e. The maximum atomic E-state index is 13.3. The predicted octanol–water partition coefficient (Wildman–Crippen LogP) is 4.20. The van der Waals surface area contributed by atoms with E-state index in [9.17, 15) is 19.7 Å². The molecule has 2 aromatic rings. The Labute approximate surface area is 188 Å². The molecule has 0 bridgehead atoms. The number of ether oxygens (including phenoxy) is 2. The highest BCUT2D eigenvalue weighted by Crippen LogP contribution is 2.31. The molecule has 0 unspecified atom stereocenters. The van der Waals surface area contributed by atoms with Crippen molar-refractivity contribution in [2.45, 2.75) is 45.8 Å². The van der Waals surface area contributed by atoms with E-state index < -0.39 is 11.0 Å². The Morgan fingerprint density at radius 1 is 1.48 bits per heavy atom. The van der Waals surface area contributed by atoms with Crippen molar-refractivity contribution in [3.05, 3.63) is 43.9 Å². The van der Waals surface area contributed by atoms with Crippen molar-refractivity contribution >= 4 is 45.4 Å². The first-order chi connectivity index (χ1) is 14.7. The number of ketones is 1. The molecule has 31 heavy (non-hydrogen) atoms. The summed E-state index contributed by atoms with van der Waals surface area (Å²) in [5.74, 6) is -0.341. The van der Waals surface area contributed by atoms with Crippen LogP contribution in [0.15, 0.2) is 18.2 Å².